The Hall–Kier alpha value is -5.21. The summed E-state index contributed by atoms with van der Waals surface area (Å²) in [7, 11) is 1.54. The first-order valence-electron chi connectivity index (χ1n) is 17.2. The number of benzene rings is 2. The van der Waals surface area contributed by atoms with Crippen molar-refractivity contribution in [2.75, 3.05) is 30.0 Å². The van der Waals surface area contributed by atoms with Gasteiger partial charge in [0.15, 0.2) is 18.3 Å². The highest BCUT2D eigenvalue weighted by Crippen LogP contribution is 2.40. The fraction of sp³-hybridized carbons (Fsp3) is 0.432. The average Bonchev–Trinajstić information content (AvgIpc) is 3.46. The quantitative estimate of drug-likeness (QED) is 0.255. The summed E-state index contributed by atoms with van der Waals surface area (Å²) in [5.41, 5.74) is 2.89. The van der Waals surface area contributed by atoms with Gasteiger partial charge in [0.2, 0.25) is 11.7 Å². The standard InChI is InChI=1S/C37H43N5O9/c1-4-15-49-37(47)42-28-20-29(50-22-25-11-9-10-24(18-25)19-31(43)38-30-21-40(3)33(39-30)36(45)46)23(2)17-26(28)34(44)41-14-7-5-12-27(41)35(42)51-32-13-6-8-16-48-32/h4,9-11,17-18,20-21,27,32,35H,1,5-8,12-16,19,22H2,2-3H3,(H,38,43)(H,45,46)/t27-,32?,35?/m0/s1. The molecule has 2 fully saturated rings. The first kappa shape index (κ1) is 35.6. The smallest absolute Gasteiger partial charge is 0.416 e. The van der Waals surface area contributed by atoms with Gasteiger partial charge in [0, 0.05) is 32.5 Å². The molecular formula is C37H43N5O9. The summed E-state index contributed by atoms with van der Waals surface area (Å²) in [6.07, 6.45) is 5.84. The zero-order valence-corrected chi connectivity index (χ0v) is 28.8. The minimum Gasteiger partial charge on any atom is -0.489 e. The Morgan fingerprint density at radius 2 is 1.92 bits per heavy atom. The maximum absolute atomic E-state index is 14.2. The van der Waals surface area contributed by atoms with Crippen molar-refractivity contribution in [3.05, 3.63) is 83.3 Å². The molecule has 2 aromatic carbocycles. The molecule has 0 aliphatic carbocycles. The van der Waals surface area contributed by atoms with E-state index in [4.69, 9.17) is 18.9 Å². The van der Waals surface area contributed by atoms with Crippen molar-refractivity contribution in [1.29, 1.82) is 0 Å². The lowest BCUT2D eigenvalue weighted by atomic mass is 10.00. The third kappa shape index (κ3) is 8.07. The maximum Gasteiger partial charge on any atom is 0.416 e. The van der Waals surface area contributed by atoms with Gasteiger partial charge in [-0.05, 0) is 68.2 Å². The Morgan fingerprint density at radius 1 is 1.12 bits per heavy atom. The number of carboxylic acid groups (broad SMARTS) is 1. The Labute approximate surface area is 295 Å². The molecule has 0 saturated carbocycles. The van der Waals surface area contributed by atoms with Crippen LogP contribution in [0.15, 0.2) is 55.3 Å². The molecule has 14 nitrogen and oxygen atoms in total. The van der Waals surface area contributed by atoms with Gasteiger partial charge in [0.25, 0.3) is 5.91 Å². The predicted molar refractivity (Wildman–Crippen MR) is 186 cm³/mol. The summed E-state index contributed by atoms with van der Waals surface area (Å²) in [5, 5.41) is 11.9. The number of aryl methyl sites for hydroxylation is 2. The molecule has 14 heteroatoms. The van der Waals surface area contributed by atoms with Gasteiger partial charge in [-0.1, -0.05) is 36.9 Å². The Bertz CT molecular complexity index is 1800. The number of nitrogens with one attached hydrogen (secondary N) is 1. The highest BCUT2D eigenvalue weighted by molar-refractivity contribution is 6.05. The van der Waals surface area contributed by atoms with Crippen LogP contribution in [0.1, 0.15) is 76.2 Å². The lowest BCUT2D eigenvalue weighted by Crippen LogP contribution is -2.57. The molecule has 0 spiro atoms. The molecule has 2 unspecified atom stereocenters. The Morgan fingerprint density at radius 3 is 2.67 bits per heavy atom. The first-order chi connectivity index (χ1) is 24.6. The van der Waals surface area contributed by atoms with Crippen LogP contribution in [0.3, 0.4) is 0 Å². The van der Waals surface area contributed by atoms with E-state index in [9.17, 15) is 24.3 Å². The Kier molecular flexibility index (Phi) is 11.0. The second-order valence-corrected chi connectivity index (χ2v) is 13.0. The van der Waals surface area contributed by atoms with Crippen molar-refractivity contribution >= 4 is 35.4 Å². The van der Waals surface area contributed by atoms with E-state index in [-0.39, 0.29) is 43.1 Å². The number of hydrogen-bond acceptors (Lipinski definition) is 9. The number of aromatic carboxylic acids is 1. The molecule has 3 aliphatic heterocycles. The number of carbonyl (C=O) groups excluding carboxylic acids is 3. The zero-order chi connectivity index (χ0) is 36.1. The van der Waals surface area contributed by atoms with Crippen LogP contribution in [0.25, 0.3) is 0 Å². The number of carbonyl (C=O) groups is 4. The fourth-order valence-corrected chi connectivity index (χ4v) is 6.79. The molecule has 3 aliphatic rings. The van der Waals surface area contributed by atoms with E-state index in [1.807, 2.05) is 30.0 Å². The van der Waals surface area contributed by atoms with Crippen LogP contribution in [0.2, 0.25) is 0 Å². The van der Waals surface area contributed by atoms with E-state index < -0.39 is 30.6 Å². The highest BCUT2D eigenvalue weighted by atomic mass is 16.7. The van der Waals surface area contributed by atoms with Crippen LogP contribution in [0, 0.1) is 6.92 Å². The van der Waals surface area contributed by atoms with Gasteiger partial charge in [-0.3, -0.25) is 9.59 Å². The molecule has 270 valence electrons. The molecule has 3 amide bonds. The summed E-state index contributed by atoms with van der Waals surface area (Å²) in [4.78, 5) is 59.3. The highest BCUT2D eigenvalue weighted by Gasteiger charge is 2.46. The van der Waals surface area contributed by atoms with Gasteiger partial charge in [0.1, 0.15) is 19.0 Å². The third-order valence-electron chi connectivity index (χ3n) is 9.21. The zero-order valence-electron chi connectivity index (χ0n) is 28.8. The molecule has 51 heavy (non-hydrogen) atoms. The SMILES string of the molecule is C=CCOC(=O)N1c2cc(OCc3cccc(CC(=O)Nc4cn(C)c(C(=O)O)n4)c3)c(C)cc2C(=O)N2CCCC[C@H]2C1OC1CCCCO1. The topological polar surface area (TPSA) is 162 Å². The third-order valence-corrected chi connectivity index (χ3v) is 9.21. The summed E-state index contributed by atoms with van der Waals surface area (Å²) in [6, 6.07) is 10.4. The number of piperidine rings is 1. The van der Waals surface area contributed by atoms with Crippen molar-refractivity contribution in [1.82, 2.24) is 14.5 Å². The van der Waals surface area contributed by atoms with Crippen molar-refractivity contribution in [3.8, 4) is 5.75 Å². The van der Waals surface area contributed by atoms with E-state index in [0.717, 1.165) is 31.2 Å². The van der Waals surface area contributed by atoms with Gasteiger partial charge < -0.3 is 38.8 Å². The van der Waals surface area contributed by atoms with Crippen LogP contribution in [-0.4, -0.2) is 81.8 Å². The van der Waals surface area contributed by atoms with Gasteiger partial charge in [-0.25, -0.2) is 19.5 Å². The number of aromatic nitrogens is 2. The van der Waals surface area contributed by atoms with Crippen LogP contribution >= 0.6 is 0 Å². The van der Waals surface area contributed by atoms with Gasteiger partial charge >= 0.3 is 12.1 Å². The second kappa shape index (κ2) is 15.8. The second-order valence-electron chi connectivity index (χ2n) is 13.0. The molecule has 4 heterocycles. The van der Waals surface area contributed by atoms with Crippen molar-refractivity contribution in [2.24, 2.45) is 7.05 Å². The van der Waals surface area contributed by atoms with Crippen LogP contribution < -0.4 is 15.0 Å². The number of hydrogen-bond donors (Lipinski definition) is 2. The molecule has 1 aromatic heterocycles. The van der Waals surface area contributed by atoms with E-state index >= 15 is 0 Å². The number of fused-ring (bicyclic) bond motifs is 2. The lowest BCUT2D eigenvalue weighted by molar-refractivity contribution is -0.198. The lowest BCUT2D eigenvalue weighted by Gasteiger charge is -2.42. The van der Waals surface area contributed by atoms with Crippen LogP contribution in [-0.2, 0) is 39.1 Å². The maximum atomic E-state index is 14.2. The first-order valence-corrected chi connectivity index (χ1v) is 17.2. The van der Waals surface area contributed by atoms with E-state index in [2.05, 4.69) is 16.9 Å². The van der Waals surface area contributed by atoms with Gasteiger partial charge in [-0.2, -0.15) is 0 Å². The minimum absolute atomic E-state index is 0.0194. The average molecular weight is 702 g/mol. The number of amides is 3. The van der Waals surface area contributed by atoms with Gasteiger partial charge in [-0.15, -0.1) is 0 Å². The van der Waals surface area contributed by atoms with Crippen molar-refractivity contribution in [2.45, 2.75) is 77.0 Å². The minimum atomic E-state index is -1.19. The number of anilines is 2. The Balaban J connectivity index is 1.25. The fourth-order valence-electron chi connectivity index (χ4n) is 6.79. The summed E-state index contributed by atoms with van der Waals surface area (Å²) < 4.78 is 25.7. The molecule has 3 aromatic rings. The summed E-state index contributed by atoms with van der Waals surface area (Å²) in [6.45, 7) is 6.75. The molecule has 0 radical (unpaired) electrons. The summed E-state index contributed by atoms with van der Waals surface area (Å²) in [5.74, 6) is -1.31. The van der Waals surface area contributed by atoms with Gasteiger partial charge in [0.05, 0.1) is 23.7 Å². The summed E-state index contributed by atoms with van der Waals surface area (Å²) >= 11 is 0. The molecule has 2 saturated heterocycles. The van der Waals surface area contributed by atoms with E-state index in [1.54, 1.807) is 18.2 Å². The molecule has 0 bridgehead atoms. The molecule has 3 atom stereocenters. The monoisotopic (exact) mass is 701 g/mol. The van der Waals surface area contributed by atoms with E-state index in [0.29, 0.717) is 54.1 Å². The van der Waals surface area contributed by atoms with Crippen molar-refractivity contribution < 1.29 is 43.2 Å². The number of imidazole rings is 1. The number of rotatable bonds is 11. The molecular weight excluding hydrogens is 658 g/mol. The normalized spacial score (nSPS) is 20.1. The molecule has 2 N–H and O–H groups in total. The number of carboxylic acids is 1. The van der Waals surface area contributed by atoms with E-state index in [1.165, 1.54) is 28.8 Å². The number of ether oxygens (including phenoxy) is 4. The largest absolute Gasteiger partial charge is 0.489 e. The van der Waals surface area contributed by atoms with Crippen molar-refractivity contribution in [3.63, 3.8) is 0 Å². The van der Waals surface area contributed by atoms with Crippen LogP contribution in [0.5, 0.6) is 5.75 Å². The predicted octanol–water partition coefficient (Wildman–Crippen LogP) is 5.19. The number of nitrogens with zero attached hydrogens (tertiary/aromatic N) is 4. The molecule has 6 rings (SSSR count). The van der Waals surface area contributed by atoms with Crippen LogP contribution in [0.4, 0.5) is 16.3 Å².